The van der Waals surface area contributed by atoms with Crippen molar-refractivity contribution in [2.24, 2.45) is 13.0 Å². The Bertz CT molecular complexity index is 876. The fourth-order valence-corrected chi connectivity index (χ4v) is 5.04. The van der Waals surface area contributed by atoms with Crippen molar-refractivity contribution in [1.82, 2.24) is 4.57 Å². The lowest BCUT2D eigenvalue weighted by atomic mass is 9.60. The number of rotatable bonds is 1. The van der Waals surface area contributed by atoms with Crippen molar-refractivity contribution >= 4 is 22.7 Å². The average molecular weight is 325 g/mol. The number of Topliss-reactive ketones (excluding diaryl/α,β-unsaturated/α-hetero) is 1. The Morgan fingerprint density at radius 1 is 1.29 bits per heavy atom. The normalized spacial score (nSPS) is 27.8. The van der Waals surface area contributed by atoms with Gasteiger partial charge in [-0.3, -0.25) is 9.59 Å². The molecule has 4 nitrogen and oxygen atoms in total. The molecule has 0 unspecified atom stereocenters. The van der Waals surface area contributed by atoms with Crippen LogP contribution in [-0.2, 0) is 32.2 Å². The first kappa shape index (κ1) is 15.4. The number of aryl methyl sites for hydroxylation is 1. The van der Waals surface area contributed by atoms with Crippen molar-refractivity contribution in [3.63, 3.8) is 0 Å². The summed E-state index contributed by atoms with van der Waals surface area (Å²) in [5, 5.41) is 1.06. The molecule has 0 saturated heterocycles. The Labute approximate surface area is 141 Å². The van der Waals surface area contributed by atoms with E-state index < -0.39 is 11.4 Å². The number of hydrogen-bond acceptors (Lipinski definition) is 3. The second-order valence-electron chi connectivity index (χ2n) is 7.78. The van der Waals surface area contributed by atoms with E-state index in [-0.39, 0.29) is 17.1 Å². The molecule has 1 saturated carbocycles. The summed E-state index contributed by atoms with van der Waals surface area (Å²) in [4.78, 5) is 26.4. The van der Waals surface area contributed by atoms with Gasteiger partial charge in [-0.1, -0.05) is 32.4 Å². The number of hydrogen-bond donors (Lipinski definition) is 0. The van der Waals surface area contributed by atoms with E-state index in [1.54, 1.807) is 0 Å². The molecule has 0 aliphatic heterocycles. The maximum absolute atomic E-state index is 13.5. The Balaban J connectivity index is 2.20. The fourth-order valence-electron chi connectivity index (χ4n) is 5.04. The van der Waals surface area contributed by atoms with Crippen LogP contribution >= 0.6 is 0 Å². The molecule has 24 heavy (non-hydrogen) atoms. The molecule has 2 aromatic rings. The quantitative estimate of drug-likeness (QED) is 0.597. The summed E-state index contributed by atoms with van der Waals surface area (Å²) >= 11 is 0. The molecule has 0 spiro atoms. The van der Waals surface area contributed by atoms with E-state index in [1.165, 1.54) is 12.7 Å². The molecular weight excluding hydrogens is 302 g/mol. The van der Waals surface area contributed by atoms with Gasteiger partial charge in [-0.05, 0) is 30.0 Å². The minimum Gasteiger partial charge on any atom is -0.468 e. The zero-order chi connectivity index (χ0) is 17.3. The summed E-state index contributed by atoms with van der Waals surface area (Å²) in [6.07, 6.45) is 4.36. The molecule has 1 aromatic heterocycles. The highest BCUT2D eigenvalue weighted by molar-refractivity contribution is 6.15. The summed E-state index contributed by atoms with van der Waals surface area (Å²) in [5.41, 5.74) is 1.62. The van der Waals surface area contributed by atoms with E-state index in [4.69, 9.17) is 4.74 Å². The van der Waals surface area contributed by atoms with Crippen LogP contribution in [0.25, 0.3) is 10.9 Å². The molecule has 2 aliphatic rings. The SMILES string of the molecule is COC(=O)[C@@]12CCC[C@@H](C1=O)C(C)(C)c1cn(C)c3cccc2c13. The van der Waals surface area contributed by atoms with E-state index in [9.17, 15) is 9.59 Å². The monoisotopic (exact) mass is 325 g/mol. The van der Waals surface area contributed by atoms with Crippen molar-refractivity contribution in [3.8, 4) is 0 Å². The van der Waals surface area contributed by atoms with Crippen molar-refractivity contribution in [3.05, 3.63) is 35.5 Å². The maximum Gasteiger partial charge on any atom is 0.323 e. The van der Waals surface area contributed by atoms with Gasteiger partial charge in [0, 0.05) is 35.5 Å². The van der Waals surface area contributed by atoms with E-state index in [0.717, 1.165) is 29.3 Å². The first-order valence-corrected chi connectivity index (χ1v) is 8.57. The average Bonchev–Trinajstić information content (AvgIpc) is 2.91. The van der Waals surface area contributed by atoms with E-state index in [0.29, 0.717) is 6.42 Å². The zero-order valence-electron chi connectivity index (χ0n) is 14.7. The molecule has 0 amide bonds. The molecular formula is C20H23NO3. The molecule has 2 atom stereocenters. The Morgan fingerprint density at radius 2 is 2.04 bits per heavy atom. The van der Waals surface area contributed by atoms with E-state index in [1.807, 2.05) is 19.2 Å². The number of ether oxygens (including phenoxy) is 1. The van der Waals surface area contributed by atoms with Crippen LogP contribution < -0.4 is 0 Å². The van der Waals surface area contributed by atoms with Crippen LogP contribution in [0.3, 0.4) is 0 Å². The van der Waals surface area contributed by atoms with Gasteiger partial charge in [0.2, 0.25) is 0 Å². The molecule has 126 valence electrons. The summed E-state index contributed by atoms with van der Waals surface area (Å²) in [7, 11) is 3.41. The van der Waals surface area contributed by atoms with Gasteiger partial charge in [-0.15, -0.1) is 0 Å². The zero-order valence-corrected chi connectivity index (χ0v) is 14.7. The second-order valence-corrected chi connectivity index (χ2v) is 7.78. The summed E-state index contributed by atoms with van der Waals surface area (Å²) in [6, 6.07) is 5.95. The van der Waals surface area contributed by atoms with Crippen LogP contribution in [0.15, 0.2) is 24.4 Å². The van der Waals surface area contributed by atoms with Crippen LogP contribution in [0.5, 0.6) is 0 Å². The molecule has 2 bridgehead atoms. The molecule has 1 fully saturated rings. The first-order valence-electron chi connectivity index (χ1n) is 8.57. The van der Waals surface area contributed by atoms with Gasteiger partial charge in [-0.25, -0.2) is 0 Å². The minimum absolute atomic E-state index is 0.0388. The van der Waals surface area contributed by atoms with Crippen LogP contribution in [0, 0.1) is 5.92 Å². The topological polar surface area (TPSA) is 48.3 Å². The van der Waals surface area contributed by atoms with Crippen LogP contribution in [0.4, 0.5) is 0 Å². The number of benzene rings is 1. The van der Waals surface area contributed by atoms with Gasteiger partial charge >= 0.3 is 5.97 Å². The van der Waals surface area contributed by atoms with Crippen LogP contribution in [0.2, 0.25) is 0 Å². The number of esters is 1. The third-order valence-corrected chi connectivity index (χ3v) is 6.36. The van der Waals surface area contributed by atoms with E-state index >= 15 is 0 Å². The van der Waals surface area contributed by atoms with Crippen molar-refractivity contribution in [1.29, 1.82) is 0 Å². The lowest BCUT2D eigenvalue weighted by molar-refractivity contribution is -0.156. The van der Waals surface area contributed by atoms with Gasteiger partial charge in [-0.2, -0.15) is 0 Å². The standard InChI is InChI=1S/C20H23NO3/c1-19(2)13-8-6-10-20(17(13)22,18(23)24-4)12-7-5-9-15-16(12)14(19)11-21(15)3/h5,7,9,11,13H,6,8,10H2,1-4H3/t13-,20+/m0/s1. The summed E-state index contributed by atoms with van der Waals surface area (Å²) in [5.74, 6) is -0.530. The highest BCUT2D eigenvalue weighted by Gasteiger charge is 2.59. The molecule has 1 aromatic carbocycles. The predicted molar refractivity (Wildman–Crippen MR) is 92.0 cm³/mol. The number of nitrogens with zero attached hydrogens (tertiary/aromatic N) is 1. The Morgan fingerprint density at radius 3 is 2.75 bits per heavy atom. The third kappa shape index (κ3) is 1.59. The number of fused-ring (bicyclic) bond motifs is 3. The van der Waals surface area contributed by atoms with Gasteiger partial charge in [0.15, 0.2) is 11.2 Å². The van der Waals surface area contributed by atoms with Crippen molar-refractivity contribution in [2.45, 2.75) is 43.9 Å². The van der Waals surface area contributed by atoms with Crippen molar-refractivity contribution in [2.75, 3.05) is 7.11 Å². The Hall–Kier alpha value is -2.10. The fraction of sp³-hybridized carbons (Fsp3) is 0.500. The molecule has 0 radical (unpaired) electrons. The van der Waals surface area contributed by atoms with Gasteiger partial charge in [0.25, 0.3) is 0 Å². The van der Waals surface area contributed by atoms with Gasteiger partial charge in [0.1, 0.15) is 0 Å². The smallest absolute Gasteiger partial charge is 0.323 e. The lowest BCUT2D eigenvalue weighted by Gasteiger charge is -2.41. The van der Waals surface area contributed by atoms with Gasteiger partial charge in [0.05, 0.1) is 7.11 Å². The molecule has 4 rings (SSSR count). The molecule has 1 heterocycles. The first-order chi connectivity index (χ1) is 11.4. The summed E-state index contributed by atoms with van der Waals surface area (Å²) in [6.45, 7) is 4.28. The lowest BCUT2D eigenvalue weighted by Crippen LogP contribution is -2.52. The van der Waals surface area contributed by atoms with Gasteiger partial charge < -0.3 is 9.30 Å². The van der Waals surface area contributed by atoms with Crippen molar-refractivity contribution < 1.29 is 14.3 Å². The third-order valence-electron chi connectivity index (χ3n) is 6.36. The molecule has 0 N–H and O–H groups in total. The number of carbonyl (C=O) groups is 2. The maximum atomic E-state index is 13.5. The second kappa shape index (κ2) is 4.71. The number of carbonyl (C=O) groups excluding carboxylic acids is 2. The minimum atomic E-state index is -1.15. The van der Waals surface area contributed by atoms with Crippen LogP contribution in [0.1, 0.15) is 44.2 Å². The van der Waals surface area contributed by atoms with E-state index in [2.05, 4.69) is 30.7 Å². The number of aromatic nitrogens is 1. The highest BCUT2D eigenvalue weighted by atomic mass is 16.5. The number of methoxy groups -OCH3 is 1. The predicted octanol–water partition coefficient (Wildman–Crippen LogP) is 3.25. The molecule has 2 aliphatic carbocycles. The Kier molecular flexibility index (Phi) is 3.03. The highest BCUT2D eigenvalue weighted by Crippen LogP contribution is 2.53. The number of ketones is 1. The molecule has 4 heteroatoms. The largest absolute Gasteiger partial charge is 0.468 e. The summed E-state index contributed by atoms with van der Waals surface area (Å²) < 4.78 is 7.25. The van der Waals surface area contributed by atoms with Crippen LogP contribution in [-0.4, -0.2) is 23.4 Å².